The number of alkyl halides is 3. The lowest BCUT2D eigenvalue weighted by Crippen LogP contribution is -2.46. The van der Waals surface area contributed by atoms with Crippen LogP contribution in [0.4, 0.5) is 19.0 Å². The Balaban J connectivity index is 1.47. The number of piperidine rings is 1. The summed E-state index contributed by atoms with van der Waals surface area (Å²) in [5.74, 6) is -0.308. The third-order valence-electron chi connectivity index (χ3n) is 6.83. The van der Waals surface area contributed by atoms with Crippen molar-refractivity contribution in [1.29, 1.82) is 0 Å². The van der Waals surface area contributed by atoms with E-state index in [9.17, 15) is 13.2 Å². The van der Waals surface area contributed by atoms with Gasteiger partial charge in [0.05, 0.1) is 5.39 Å². The molecule has 0 N–H and O–H groups in total. The van der Waals surface area contributed by atoms with Crippen molar-refractivity contribution in [3.63, 3.8) is 0 Å². The first-order valence-electron chi connectivity index (χ1n) is 12.0. The minimum Gasteiger partial charge on any atom is -0.363 e. The second kappa shape index (κ2) is 9.79. The van der Waals surface area contributed by atoms with Gasteiger partial charge in [-0.1, -0.05) is 30.3 Å². The Morgan fingerprint density at radius 2 is 1.76 bits per heavy atom. The smallest absolute Gasteiger partial charge is 0.363 e. The summed E-state index contributed by atoms with van der Waals surface area (Å²) in [6.45, 7) is 6.10. The highest BCUT2D eigenvalue weighted by Crippen LogP contribution is 2.41. The van der Waals surface area contributed by atoms with Gasteiger partial charge in [0, 0.05) is 49.6 Å². The van der Waals surface area contributed by atoms with Gasteiger partial charge in [-0.05, 0) is 38.2 Å². The minimum atomic E-state index is -4.59. The molecule has 0 radical (unpaired) electrons. The van der Waals surface area contributed by atoms with E-state index in [2.05, 4.69) is 14.9 Å². The zero-order valence-electron chi connectivity index (χ0n) is 19.2. The first kappa shape index (κ1) is 23.5. The van der Waals surface area contributed by atoms with Crippen LogP contribution in [-0.4, -0.2) is 53.9 Å². The average Bonchev–Trinajstić information content (AvgIpc) is 3.52. The maximum absolute atomic E-state index is 13.7. The number of nitrogens with zero attached hydrogens (tertiary/aromatic N) is 4. The van der Waals surface area contributed by atoms with E-state index in [1.54, 1.807) is 0 Å². The van der Waals surface area contributed by atoms with Gasteiger partial charge >= 0.3 is 6.18 Å². The summed E-state index contributed by atoms with van der Waals surface area (Å²) in [5.41, 5.74) is 1.84. The second-order valence-corrected chi connectivity index (χ2v) is 9.84. The summed E-state index contributed by atoms with van der Waals surface area (Å²) in [7, 11) is 0. The average molecular weight is 491 g/mol. The molecule has 1 atom stereocenters. The summed E-state index contributed by atoms with van der Waals surface area (Å²) in [5, 5.41) is 2.60. The highest BCUT2D eigenvalue weighted by molar-refractivity contribution is 7.17. The van der Waals surface area contributed by atoms with Gasteiger partial charge in [-0.25, -0.2) is 9.97 Å². The SMILES string of the molecule is CCOC(C1CCN(c2nc(C(F)(F)F)nc3scc(-c4ccccc4)c23)CC1)N1CCCC1. The summed E-state index contributed by atoms with van der Waals surface area (Å²) in [6.07, 6.45) is -0.387. The van der Waals surface area contributed by atoms with E-state index in [1.165, 1.54) is 24.2 Å². The summed E-state index contributed by atoms with van der Waals surface area (Å²) in [4.78, 5) is 12.8. The molecule has 2 aliphatic heterocycles. The van der Waals surface area contributed by atoms with Crippen LogP contribution < -0.4 is 4.90 Å². The molecule has 0 saturated carbocycles. The van der Waals surface area contributed by atoms with Crippen LogP contribution in [0.3, 0.4) is 0 Å². The highest BCUT2D eigenvalue weighted by atomic mass is 32.1. The third kappa shape index (κ3) is 4.65. The topological polar surface area (TPSA) is 41.5 Å². The molecule has 1 unspecified atom stereocenters. The number of rotatable bonds is 6. The van der Waals surface area contributed by atoms with E-state index in [4.69, 9.17) is 4.74 Å². The maximum Gasteiger partial charge on any atom is 0.451 e. The van der Waals surface area contributed by atoms with Gasteiger partial charge in [0.2, 0.25) is 5.82 Å². The van der Waals surface area contributed by atoms with E-state index >= 15 is 0 Å². The first-order valence-corrected chi connectivity index (χ1v) is 12.9. The summed E-state index contributed by atoms with van der Waals surface area (Å²) < 4.78 is 47.1. The van der Waals surface area contributed by atoms with Gasteiger partial charge in [-0.3, -0.25) is 4.90 Å². The van der Waals surface area contributed by atoms with Crippen LogP contribution in [-0.2, 0) is 10.9 Å². The molecule has 2 saturated heterocycles. The molecule has 0 aliphatic carbocycles. The van der Waals surface area contributed by atoms with Crippen molar-refractivity contribution in [2.75, 3.05) is 37.7 Å². The number of fused-ring (bicyclic) bond motifs is 1. The van der Waals surface area contributed by atoms with Crippen LogP contribution in [0.2, 0.25) is 0 Å². The largest absolute Gasteiger partial charge is 0.451 e. The number of hydrogen-bond acceptors (Lipinski definition) is 6. The molecule has 4 heterocycles. The van der Waals surface area contributed by atoms with Crippen LogP contribution >= 0.6 is 11.3 Å². The molecule has 3 aromatic rings. The molecular formula is C25H29F3N4OS. The number of hydrogen-bond donors (Lipinski definition) is 0. The number of benzene rings is 1. The van der Waals surface area contributed by atoms with Crippen molar-refractivity contribution >= 4 is 27.4 Å². The van der Waals surface area contributed by atoms with Crippen molar-refractivity contribution in [3.8, 4) is 11.1 Å². The standard InChI is InChI=1S/C25H29F3N4OS/c1-2-33-23(32-12-6-7-13-32)18-10-14-31(15-11-18)21-20-19(17-8-4-3-5-9-17)16-34-22(20)30-24(29-21)25(26,27)28/h3-5,8-9,16,18,23H,2,6-7,10-15H2,1H3. The van der Waals surface area contributed by atoms with Crippen LogP contribution in [0, 0.1) is 5.92 Å². The number of ether oxygens (including phenoxy) is 1. The number of halogens is 3. The van der Waals surface area contributed by atoms with Crippen LogP contribution in [0.5, 0.6) is 0 Å². The van der Waals surface area contributed by atoms with Crippen LogP contribution in [0.25, 0.3) is 21.3 Å². The molecule has 9 heteroatoms. The molecule has 0 bridgehead atoms. The monoisotopic (exact) mass is 490 g/mol. The normalized spacial score (nSPS) is 19.2. The number of anilines is 1. The van der Waals surface area contributed by atoms with E-state index < -0.39 is 12.0 Å². The molecule has 5 nitrogen and oxygen atoms in total. The molecule has 1 aromatic carbocycles. The van der Waals surface area contributed by atoms with Crippen molar-refractivity contribution in [2.24, 2.45) is 5.92 Å². The molecule has 34 heavy (non-hydrogen) atoms. The van der Waals surface area contributed by atoms with Gasteiger partial charge in [0.1, 0.15) is 16.9 Å². The Kier molecular flexibility index (Phi) is 6.77. The third-order valence-corrected chi connectivity index (χ3v) is 7.71. The fourth-order valence-electron chi connectivity index (χ4n) is 5.21. The highest BCUT2D eigenvalue weighted by Gasteiger charge is 2.38. The quantitative estimate of drug-likeness (QED) is 0.421. The Hall–Kier alpha value is -2.23. The Morgan fingerprint density at radius 3 is 2.41 bits per heavy atom. The van der Waals surface area contributed by atoms with Gasteiger partial charge in [0.25, 0.3) is 0 Å². The van der Waals surface area contributed by atoms with Crippen molar-refractivity contribution in [2.45, 2.75) is 45.0 Å². The van der Waals surface area contributed by atoms with Crippen molar-refractivity contribution < 1.29 is 17.9 Å². The van der Waals surface area contributed by atoms with E-state index in [1.807, 2.05) is 47.5 Å². The summed E-state index contributed by atoms with van der Waals surface area (Å²) >= 11 is 1.24. The van der Waals surface area contributed by atoms with Gasteiger partial charge in [-0.15, -0.1) is 11.3 Å². The van der Waals surface area contributed by atoms with Crippen LogP contribution in [0.15, 0.2) is 35.7 Å². The van der Waals surface area contributed by atoms with Crippen molar-refractivity contribution in [1.82, 2.24) is 14.9 Å². The Morgan fingerprint density at radius 1 is 1.06 bits per heavy atom. The van der Waals surface area contributed by atoms with Crippen molar-refractivity contribution in [3.05, 3.63) is 41.5 Å². The molecule has 0 amide bonds. The maximum atomic E-state index is 13.7. The lowest BCUT2D eigenvalue weighted by molar-refractivity contribution is -0.144. The first-order chi connectivity index (χ1) is 16.5. The predicted octanol–water partition coefficient (Wildman–Crippen LogP) is 6.05. The fraction of sp³-hybridized carbons (Fsp3) is 0.520. The molecule has 2 aromatic heterocycles. The molecule has 5 rings (SSSR count). The second-order valence-electron chi connectivity index (χ2n) is 8.98. The molecule has 2 fully saturated rings. The number of likely N-dealkylation sites (tertiary alicyclic amines) is 1. The molecule has 182 valence electrons. The van der Waals surface area contributed by atoms with E-state index in [-0.39, 0.29) is 6.23 Å². The summed E-state index contributed by atoms with van der Waals surface area (Å²) in [6, 6.07) is 9.73. The fourth-order valence-corrected chi connectivity index (χ4v) is 6.15. The van der Waals surface area contributed by atoms with Crippen LogP contribution in [0.1, 0.15) is 38.4 Å². The van der Waals surface area contributed by atoms with Gasteiger partial charge in [0.15, 0.2) is 0 Å². The Bertz CT molecular complexity index is 1110. The zero-order valence-corrected chi connectivity index (χ0v) is 20.0. The number of thiophene rings is 1. The molecular weight excluding hydrogens is 461 g/mol. The molecule has 0 spiro atoms. The minimum absolute atomic E-state index is 0.0897. The predicted molar refractivity (Wildman–Crippen MR) is 129 cm³/mol. The number of aromatic nitrogens is 2. The zero-order chi connectivity index (χ0) is 23.7. The van der Waals surface area contributed by atoms with E-state index in [0.717, 1.165) is 37.1 Å². The van der Waals surface area contributed by atoms with E-state index in [0.29, 0.717) is 41.6 Å². The Labute approximate surface area is 201 Å². The van der Waals surface area contributed by atoms with Gasteiger partial charge < -0.3 is 9.64 Å². The lowest BCUT2D eigenvalue weighted by Gasteiger charge is -2.40. The van der Waals surface area contributed by atoms with Gasteiger partial charge in [-0.2, -0.15) is 13.2 Å². The molecule has 2 aliphatic rings. The lowest BCUT2D eigenvalue weighted by atomic mass is 9.93.